The molecule has 1 aliphatic rings. The molecular weight excluding hydrogens is 212 g/mol. The van der Waals surface area contributed by atoms with Crippen LogP contribution in [0.15, 0.2) is 27.4 Å². The van der Waals surface area contributed by atoms with E-state index in [-0.39, 0.29) is 29.5 Å². The van der Waals surface area contributed by atoms with Crippen LogP contribution in [0.2, 0.25) is 0 Å². The number of Topliss-reactive ketones (excluding diaryl/α,β-unsaturated/α-hetero) is 1. The summed E-state index contributed by atoms with van der Waals surface area (Å²) in [6, 6.07) is 4.27. The number of hydrogen-bond donors (Lipinski definition) is 1. The number of carbonyl (C=O) groups is 1. The Morgan fingerprint density at radius 1 is 1.25 bits per heavy atom. The average Bonchev–Trinajstić information content (AvgIpc) is 2.63. The van der Waals surface area contributed by atoms with Crippen LogP contribution in [0, 0.1) is 0 Å². The molecule has 0 radical (unpaired) electrons. The van der Waals surface area contributed by atoms with Crippen molar-refractivity contribution >= 4 is 16.8 Å². The van der Waals surface area contributed by atoms with Gasteiger partial charge in [0.25, 0.3) is 0 Å². The molecule has 0 spiro atoms. The molecule has 1 aromatic carbocycles. The van der Waals surface area contributed by atoms with Crippen molar-refractivity contribution in [2.75, 3.05) is 6.61 Å². The maximum absolute atomic E-state index is 11.4. The number of rotatable bonds is 0. The van der Waals surface area contributed by atoms with Gasteiger partial charge >= 0.3 is 5.63 Å². The van der Waals surface area contributed by atoms with E-state index >= 15 is 0 Å². The predicted molar refractivity (Wildman–Crippen MR) is 54.0 cm³/mol. The zero-order valence-corrected chi connectivity index (χ0v) is 8.02. The SMILES string of the molecule is O=C1COc2c1cc1ccc(=O)oc1c2O. The fraction of sp³-hybridized carbons (Fsp3) is 0.0909. The minimum Gasteiger partial charge on any atom is -0.502 e. The molecule has 0 saturated carbocycles. The number of ether oxygens (including phenoxy) is 1. The number of phenolic OH excluding ortho intramolecular Hbond substituents is 1. The summed E-state index contributed by atoms with van der Waals surface area (Å²) < 4.78 is 9.88. The minimum atomic E-state index is -0.563. The van der Waals surface area contributed by atoms with Crippen molar-refractivity contribution in [2.24, 2.45) is 0 Å². The molecule has 5 nitrogen and oxygen atoms in total. The molecule has 0 atom stereocenters. The molecule has 5 heteroatoms. The predicted octanol–water partition coefficient (Wildman–Crippen LogP) is 1.07. The van der Waals surface area contributed by atoms with E-state index in [9.17, 15) is 14.7 Å². The summed E-state index contributed by atoms with van der Waals surface area (Å²) in [5, 5.41) is 10.3. The van der Waals surface area contributed by atoms with Gasteiger partial charge in [0.15, 0.2) is 17.9 Å². The number of aromatic hydroxyl groups is 1. The monoisotopic (exact) mass is 218 g/mol. The molecule has 1 aliphatic heterocycles. The van der Waals surface area contributed by atoms with Gasteiger partial charge in [-0.2, -0.15) is 0 Å². The van der Waals surface area contributed by atoms with Crippen LogP contribution in [0.3, 0.4) is 0 Å². The first-order valence-electron chi connectivity index (χ1n) is 4.62. The Bertz CT molecular complexity index is 668. The second kappa shape index (κ2) is 2.85. The molecule has 3 rings (SSSR count). The highest BCUT2D eigenvalue weighted by Crippen LogP contribution is 2.40. The smallest absolute Gasteiger partial charge is 0.336 e. The third-order valence-corrected chi connectivity index (χ3v) is 2.49. The van der Waals surface area contributed by atoms with Gasteiger partial charge in [-0.3, -0.25) is 4.79 Å². The Hall–Kier alpha value is -2.30. The summed E-state index contributed by atoms with van der Waals surface area (Å²) in [6.07, 6.45) is 0. The van der Waals surface area contributed by atoms with Crippen LogP contribution in [0.5, 0.6) is 11.5 Å². The van der Waals surface area contributed by atoms with Crippen LogP contribution in [0.4, 0.5) is 0 Å². The second-order valence-electron chi connectivity index (χ2n) is 3.49. The highest BCUT2D eigenvalue weighted by molar-refractivity contribution is 6.07. The number of ketones is 1. The summed E-state index contributed by atoms with van der Waals surface area (Å²) in [5.74, 6) is -0.402. The standard InChI is InChI=1S/C11H6O5/c12-7-4-15-11-6(7)3-5-1-2-8(13)16-10(5)9(11)14/h1-3,14H,4H2. The van der Waals surface area contributed by atoms with Gasteiger partial charge in [-0.05, 0) is 12.1 Å². The number of benzene rings is 1. The molecule has 1 aromatic heterocycles. The minimum absolute atomic E-state index is 0.0425. The Morgan fingerprint density at radius 3 is 2.88 bits per heavy atom. The first-order chi connectivity index (χ1) is 7.66. The van der Waals surface area contributed by atoms with Gasteiger partial charge in [-0.25, -0.2) is 4.79 Å². The second-order valence-corrected chi connectivity index (χ2v) is 3.49. The van der Waals surface area contributed by atoms with E-state index in [0.717, 1.165) is 0 Å². The quantitative estimate of drug-likeness (QED) is 0.669. The zero-order valence-electron chi connectivity index (χ0n) is 8.02. The highest BCUT2D eigenvalue weighted by Gasteiger charge is 2.27. The van der Waals surface area contributed by atoms with Crippen molar-refractivity contribution in [1.29, 1.82) is 0 Å². The summed E-state index contributed by atoms with van der Waals surface area (Å²) >= 11 is 0. The lowest BCUT2D eigenvalue weighted by molar-refractivity contribution is 0.0961. The summed E-state index contributed by atoms with van der Waals surface area (Å²) in [4.78, 5) is 22.4. The summed E-state index contributed by atoms with van der Waals surface area (Å²) in [5.41, 5.74) is -0.202. The van der Waals surface area contributed by atoms with Crippen molar-refractivity contribution in [3.8, 4) is 11.5 Å². The van der Waals surface area contributed by atoms with E-state index < -0.39 is 5.63 Å². The third kappa shape index (κ3) is 1.05. The van der Waals surface area contributed by atoms with Gasteiger partial charge < -0.3 is 14.3 Å². The highest BCUT2D eigenvalue weighted by atomic mass is 16.5. The van der Waals surface area contributed by atoms with E-state index in [1.54, 1.807) is 6.07 Å². The Kier molecular flexibility index (Phi) is 1.60. The normalized spacial score (nSPS) is 13.9. The zero-order chi connectivity index (χ0) is 11.3. The van der Waals surface area contributed by atoms with Gasteiger partial charge in [0.05, 0.1) is 5.56 Å². The number of fused-ring (bicyclic) bond motifs is 2. The first kappa shape index (κ1) is 8.96. The van der Waals surface area contributed by atoms with Crippen LogP contribution in [-0.4, -0.2) is 17.5 Å². The number of hydrogen-bond acceptors (Lipinski definition) is 5. The van der Waals surface area contributed by atoms with Crippen LogP contribution >= 0.6 is 0 Å². The maximum Gasteiger partial charge on any atom is 0.336 e. The van der Waals surface area contributed by atoms with Gasteiger partial charge in [0.2, 0.25) is 11.5 Å². The van der Waals surface area contributed by atoms with Gasteiger partial charge in [0.1, 0.15) is 0 Å². The molecule has 0 unspecified atom stereocenters. The first-order valence-corrected chi connectivity index (χ1v) is 4.62. The lowest BCUT2D eigenvalue weighted by Crippen LogP contribution is -1.98. The Morgan fingerprint density at radius 2 is 2.06 bits per heavy atom. The molecule has 80 valence electrons. The van der Waals surface area contributed by atoms with Crippen LogP contribution in [0.1, 0.15) is 10.4 Å². The van der Waals surface area contributed by atoms with Gasteiger partial charge in [-0.1, -0.05) is 0 Å². The van der Waals surface area contributed by atoms with Crippen molar-refractivity contribution in [2.45, 2.75) is 0 Å². The molecule has 0 amide bonds. The van der Waals surface area contributed by atoms with E-state index in [2.05, 4.69) is 0 Å². The number of carbonyl (C=O) groups excluding carboxylic acids is 1. The van der Waals surface area contributed by atoms with Crippen LogP contribution in [-0.2, 0) is 0 Å². The summed E-state index contributed by atoms with van der Waals surface area (Å²) in [7, 11) is 0. The fourth-order valence-corrected chi connectivity index (χ4v) is 1.75. The Balaban J connectivity index is 2.48. The Labute approximate surface area is 88.9 Å². The molecular formula is C11H6O5. The van der Waals surface area contributed by atoms with Crippen molar-refractivity contribution in [1.82, 2.24) is 0 Å². The lowest BCUT2D eigenvalue weighted by Gasteiger charge is -2.03. The van der Waals surface area contributed by atoms with Crippen LogP contribution in [0.25, 0.3) is 11.0 Å². The van der Waals surface area contributed by atoms with Crippen molar-refractivity contribution in [3.05, 3.63) is 34.2 Å². The van der Waals surface area contributed by atoms with Crippen LogP contribution < -0.4 is 10.4 Å². The van der Waals surface area contributed by atoms with Gasteiger partial charge in [0, 0.05) is 11.5 Å². The van der Waals surface area contributed by atoms with E-state index in [1.807, 2.05) is 0 Å². The van der Waals surface area contributed by atoms with E-state index in [1.165, 1.54) is 12.1 Å². The van der Waals surface area contributed by atoms with E-state index in [0.29, 0.717) is 10.9 Å². The lowest BCUT2D eigenvalue weighted by atomic mass is 10.1. The van der Waals surface area contributed by atoms with E-state index in [4.69, 9.17) is 9.15 Å². The molecule has 0 bridgehead atoms. The van der Waals surface area contributed by atoms with Crippen molar-refractivity contribution < 1.29 is 19.1 Å². The molecule has 1 N–H and O–H groups in total. The topological polar surface area (TPSA) is 76.7 Å². The summed E-state index contributed by atoms with van der Waals surface area (Å²) in [6.45, 7) is -0.0938. The van der Waals surface area contributed by atoms with Gasteiger partial charge in [-0.15, -0.1) is 0 Å². The molecule has 2 heterocycles. The maximum atomic E-state index is 11.4. The molecule has 0 aliphatic carbocycles. The molecule has 2 aromatic rings. The third-order valence-electron chi connectivity index (χ3n) is 2.49. The average molecular weight is 218 g/mol. The molecule has 0 fully saturated rings. The fourth-order valence-electron chi connectivity index (χ4n) is 1.75. The molecule has 0 saturated heterocycles. The molecule has 16 heavy (non-hydrogen) atoms. The largest absolute Gasteiger partial charge is 0.502 e. The van der Waals surface area contributed by atoms with Crippen molar-refractivity contribution in [3.63, 3.8) is 0 Å². The number of phenols is 1.